The summed E-state index contributed by atoms with van der Waals surface area (Å²) < 4.78 is 13.3. The van der Waals surface area contributed by atoms with Crippen molar-refractivity contribution < 1.29 is 9.18 Å². The lowest BCUT2D eigenvalue weighted by Gasteiger charge is -2.13. The van der Waals surface area contributed by atoms with Gasteiger partial charge in [-0.05, 0) is 37.0 Å². The molecule has 94 valence electrons. The van der Waals surface area contributed by atoms with Crippen LogP contribution in [-0.4, -0.2) is 23.5 Å². The number of benzene rings is 1. The summed E-state index contributed by atoms with van der Waals surface area (Å²) in [5.41, 5.74) is 0.113. The summed E-state index contributed by atoms with van der Waals surface area (Å²) in [6, 6.07) is 6.11. The predicted molar refractivity (Wildman–Crippen MR) is 70.9 cm³/mol. The summed E-state index contributed by atoms with van der Waals surface area (Å²) in [6.45, 7) is 4.04. The van der Waals surface area contributed by atoms with Crippen molar-refractivity contribution in [3.8, 4) is 0 Å². The molecule has 0 heterocycles. The van der Waals surface area contributed by atoms with Gasteiger partial charge < -0.3 is 5.32 Å². The molecular formula is C13H18FNOS. The highest BCUT2D eigenvalue weighted by Gasteiger charge is 2.12. The molecule has 1 unspecified atom stereocenters. The highest BCUT2D eigenvalue weighted by atomic mass is 32.2. The van der Waals surface area contributed by atoms with E-state index in [1.807, 2.05) is 18.7 Å². The second-order valence-corrected chi connectivity index (χ2v) is 5.23. The van der Waals surface area contributed by atoms with Crippen LogP contribution in [0.25, 0.3) is 0 Å². The van der Waals surface area contributed by atoms with E-state index >= 15 is 0 Å². The molecule has 2 nitrogen and oxygen atoms in total. The Morgan fingerprint density at radius 1 is 1.47 bits per heavy atom. The van der Waals surface area contributed by atoms with Crippen molar-refractivity contribution in [1.82, 2.24) is 5.32 Å². The van der Waals surface area contributed by atoms with Crippen LogP contribution in [0.5, 0.6) is 0 Å². The Hall–Kier alpha value is -1.03. The number of rotatable bonds is 6. The molecule has 0 radical (unpaired) electrons. The van der Waals surface area contributed by atoms with Gasteiger partial charge in [0.15, 0.2) is 0 Å². The number of hydrogen-bond donors (Lipinski definition) is 1. The molecule has 17 heavy (non-hydrogen) atoms. The van der Waals surface area contributed by atoms with Crippen molar-refractivity contribution >= 4 is 17.7 Å². The Morgan fingerprint density at radius 3 is 2.82 bits per heavy atom. The third-order valence-corrected chi connectivity index (χ3v) is 3.33. The molecule has 0 aliphatic heterocycles. The SMILES string of the molecule is CCSCCC(C)NC(=O)c1ccccc1F. The monoisotopic (exact) mass is 255 g/mol. The normalized spacial score (nSPS) is 12.2. The molecule has 0 fully saturated rings. The number of hydrogen-bond acceptors (Lipinski definition) is 2. The van der Waals surface area contributed by atoms with Crippen LogP contribution in [0.2, 0.25) is 0 Å². The fourth-order valence-corrected chi connectivity index (χ4v) is 2.23. The lowest BCUT2D eigenvalue weighted by Crippen LogP contribution is -2.33. The topological polar surface area (TPSA) is 29.1 Å². The molecule has 0 aromatic heterocycles. The first kappa shape index (κ1) is 14.0. The average molecular weight is 255 g/mol. The zero-order chi connectivity index (χ0) is 12.7. The van der Waals surface area contributed by atoms with Gasteiger partial charge in [-0.15, -0.1) is 0 Å². The molecule has 0 saturated heterocycles. The van der Waals surface area contributed by atoms with Gasteiger partial charge in [0, 0.05) is 6.04 Å². The van der Waals surface area contributed by atoms with Gasteiger partial charge >= 0.3 is 0 Å². The summed E-state index contributed by atoms with van der Waals surface area (Å²) in [4.78, 5) is 11.8. The summed E-state index contributed by atoms with van der Waals surface area (Å²) in [5.74, 6) is 1.28. The zero-order valence-corrected chi connectivity index (χ0v) is 11.0. The Morgan fingerprint density at radius 2 is 2.18 bits per heavy atom. The van der Waals surface area contributed by atoms with Gasteiger partial charge in [0.1, 0.15) is 5.82 Å². The molecule has 1 amide bonds. The maximum atomic E-state index is 13.3. The number of nitrogens with one attached hydrogen (secondary N) is 1. The standard InChI is InChI=1S/C13H18FNOS/c1-3-17-9-8-10(2)15-13(16)11-6-4-5-7-12(11)14/h4-7,10H,3,8-9H2,1-2H3,(H,15,16). The van der Waals surface area contributed by atoms with E-state index in [2.05, 4.69) is 12.2 Å². The second-order valence-electron chi connectivity index (χ2n) is 3.84. The van der Waals surface area contributed by atoms with E-state index in [0.717, 1.165) is 17.9 Å². The summed E-state index contributed by atoms with van der Waals surface area (Å²) in [7, 11) is 0. The highest BCUT2D eigenvalue weighted by molar-refractivity contribution is 7.99. The molecule has 1 aromatic rings. The minimum Gasteiger partial charge on any atom is -0.349 e. The molecule has 0 aliphatic rings. The van der Waals surface area contributed by atoms with Gasteiger partial charge in [-0.1, -0.05) is 19.1 Å². The largest absolute Gasteiger partial charge is 0.349 e. The van der Waals surface area contributed by atoms with Crippen molar-refractivity contribution in [3.63, 3.8) is 0 Å². The Bertz CT molecular complexity index is 370. The van der Waals surface area contributed by atoms with Crippen molar-refractivity contribution in [2.24, 2.45) is 0 Å². The molecule has 1 aromatic carbocycles. The second kappa shape index (κ2) is 7.33. The minimum atomic E-state index is -0.472. The van der Waals surface area contributed by atoms with Gasteiger partial charge in [0.2, 0.25) is 0 Å². The third kappa shape index (κ3) is 4.77. The van der Waals surface area contributed by atoms with Crippen molar-refractivity contribution in [1.29, 1.82) is 0 Å². The van der Waals surface area contributed by atoms with Crippen LogP contribution in [-0.2, 0) is 0 Å². The Kier molecular flexibility index (Phi) is 6.05. The van der Waals surface area contributed by atoms with Gasteiger partial charge in [-0.25, -0.2) is 4.39 Å². The molecule has 1 N–H and O–H groups in total. The zero-order valence-electron chi connectivity index (χ0n) is 10.2. The van der Waals surface area contributed by atoms with E-state index in [4.69, 9.17) is 0 Å². The molecular weight excluding hydrogens is 237 g/mol. The number of thioether (sulfide) groups is 1. The number of carbonyl (C=O) groups excluding carboxylic acids is 1. The fourth-order valence-electron chi connectivity index (χ4n) is 1.42. The molecule has 0 spiro atoms. The smallest absolute Gasteiger partial charge is 0.254 e. The van der Waals surface area contributed by atoms with Crippen molar-refractivity contribution in [2.45, 2.75) is 26.3 Å². The Labute approximate surface area is 106 Å². The van der Waals surface area contributed by atoms with Crippen LogP contribution in [0, 0.1) is 5.82 Å². The number of amides is 1. The Balaban J connectivity index is 2.46. The van der Waals surface area contributed by atoms with Gasteiger partial charge in [0.25, 0.3) is 5.91 Å². The van der Waals surface area contributed by atoms with E-state index in [0.29, 0.717) is 0 Å². The van der Waals surface area contributed by atoms with E-state index < -0.39 is 5.82 Å². The summed E-state index contributed by atoms with van der Waals surface area (Å²) >= 11 is 1.84. The van der Waals surface area contributed by atoms with E-state index in [-0.39, 0.29) is 17.5 Å². The summed E-state index contributed by atoms with van der Waals surface area (Å²) in [6.07, 6.45) is 0.901. The number of carbonyl (C=O) groups is 1. The van der Waals surface area contributed by atoms with Crippen LogP contribution in [0.15, 0.2) is 24.3 Å². The molecule has 0 saturated carbocycles. The van der Waals surface area contributed by atoms with E-state index in [9.17, 15) is 9.18 Å². The van der Waals surface area contributed by atoms with Crippen LogP contribution in [0.1, 0.15) is 30.6 Å². The predicted octanol–water partition coefficient (Wildman–Crippen LogP) is 3.09. The van der Waals surface area contributed by atoms with E-state index in [1.165, 1.54) is 12.1 Å². The van der Waals surface area contributed by atoms with Crippen LogP contribution in [0.3, 0.4) is 0 Å². The summed E-state index contributed by atoms with van der Waals surface area (Å²) in [5, 5.41) is 2.80. The lowest BCUT2D eigenvalue weighted by atomic mass is 10.1. The molecule has 1 rings (SSSR count). The van der Waals surface area contributed by atoms with Crippen LogP contribution < -0.4 is 5.32 Å². The van der Waals surface area contributed by atoms with Crippen molar-refractivity contribution in [2.75, 3.05) is 11.5 Å². The molecule has 0 aliphatic carbocycles. The maximum Gasteiger partial charge on any atom is 0.254 e. The molecule has 4 heteroatoms. The molecule has 1 atom stereocenters. The van der Waals surface area contributed by atoms with Crippen molar-refractivity contribution in [3.05, 3.63) is 35.6 Å². The lowest BCUT2D eigenvalue weighted by molar-refractivity contribution is 0.0935. The fraction of sp³-hybridized carbons (Fsp3) is 0.462. The van der Waals surface area contributed by atoms with E-state index in [1.54, 1.807) is 12.1 Å². The first-order valence-electron chi connectivity index (χ1n) is 5.78. The first-order chi connectivity index (χ1) is 8.15. The average Bonchev–Trinajstić information content (AvgIpc) is 2.29. The first-order valence-corrected chi connectivity index (χ1v) is 6.93. The quantitative estimate of drug-likeness (QED) is 0.791. The maximum absolute atomic E-state index is 13.3. The third-order valence-electron chi connectivity index (χ3n) is 2.40. The van der Waals surface area contributed by atoms with Crippen LogP contribution in [0.4, 0.5) is 4.39 Å². The molecule has 0 bridgehead atoms. The highest BCUT2D eigenvalue weighted by Crippen LogP contribution is 2.08. The minimum absolute atomic E-state index is 0.0705. The van der Waals surface area contributed by atoms with Gasteiger partial charge in [-0.2, -0.15) is 11.8 Å². The van der Waals surface area contributed by atoms with Gasteiger partial charge in [-0.3, -0.25) is 4.79 Å². The number of halogens is 1. The van der Waals surface area contributed by atoms with Gasteiger partial charge in [0.05, 0.1) is 5.56 Å². The van der Waals surface area contributed by atoms with Crippen LogP contribution >= 0.6 is 11.8 Å².